The average Bonchev–Trinajstić information content (AvgIpc) is 3.07. The van der Waals surface area contributed by atoms with Gasteiger partial charge in [-0.3, -0.25) is 4.79 Å². The maximum absolute atomic E-state index is 13.0. The van der Waals surface area contributed by atoms with Crippen molar-refractivity contribution in [2.24, 2.45) is 7.05 Å². The van der Waals surface area contributed by atoms with Crippen molar-refractivity contribution >= 4 is 28.3 Å². The summed E-state index contributed by atoms with van der Waals surface area (Å²) in [7, 11) is -1.62. The number of hydrogen-bond acceptors (Lipinski definition) is 5. The number of rotatable bonds is 5. The van der Waals surface area contributed by atoms with E-state index in [0.29, 0.717) is 31.7 Å². The molecule has 2 aromatic rings. The summed E-state index contributed by atoms with van der Waals surface area (Å²) < 4.78 is 28.4. The molecule has 0 spiro atoms. The number of aromatic nitrogens is 2. The third-order valence-corrected chi connectivity index (χ3v) is 5.97. The molecule has 1 aliphatic heterocycles. The molecule has 0 radical (unpaired) electrons. The van der Waals surface area contributed by atoms with Crippen molar-refractivity contribution in [1.82, 2.24) is 24.5 Å². The molecule has 3 rings (SSSR count). The number of amides is 1. The van der Waals surface area contributed by atoms with Crippen LogP contribution >= 0.6 is 12.4 Å². The number of piperazine rings is 1. The zero-order valence-electron chi connectivity index (χ0n) is 15.3. The van der Waals surface area contributed by atoms with E-state index in [1.807, 2.05) is 17.8 Å². The van der Waals surface area contributed by atoms with Gasteiger partial charge >= 0.3 is 0 Å². The second-order valence-electron chi connectivity index (χ2n) is 6.14. The standard InChI is InChI=1S/C17H23N5O3S.ClH/c1-3-20-26(24,25)14-6-4-13(5-7-14)17(23)22-11-8-18-12-15(22)16-19-9-10-21(16)2;/h4-7,9-10,15,18,20H,3,8,11-12H2,1-2H3;1H. The second-order valence-corrected chi connectivity index (χ2v) is 7.91. The number of nitrogens with one attached hydrogen (secondary N) is 2. The lowest BCUT2D eigenvalue weighted by Gasteiger charge is -2.35. The summed E-state index contributed by atoms with van der Waals surface area (Å²) in [5.41, 5.74) is 0.460. The Morgan fingerprint density at radius 2 is 2.04 bits per heavy atom. The molecule has 10 heteroatoms. The summed E-state index contributed by atoms with van der Waals surface area (Å²) in [6.45, 7) is 3.93. The van der Waals surface area contributed by atoms with Crippen molar-refractivity contribution in [2.45, 2.75) is 17.9 Å². The number of hydrogen-bond donors (Lipinski definition) is 2. The van der Waals surface area contributed by atoms with Crippen LogP contribution in [0, 0.1) is 0 Å². The highest BCUT2D eigenvalue weighted by molar-refractivity contribution is 7.89. The zero-order chi connectivity index (χ0) is 18.7. The van der Waals surface area contributed by atoms with Crippen LogP contribution in [0.1, 0.15) is 29.1 Å². The quantitative estimate of drug-likeness (QED) is 0.760. The number of aryl methyl sites for hydroxylation is 1. The molecule has 2 N–H and O–H groups in total. The second kappa shape index (κ2) is 8.83. The molecule has 27 heavy (non-hydrogen) atoms. The first-order valence-corrected chi connectivity index (χ1v) is 10.0. The lowest BCUT2D eigenvalue weighted by Crippen LogP contribution is -2.49. The van der Waals surface area contributed by atoms with Crippen molar-refractivity contribution in [2.75, 3.05) is 26.2 Å². The fourth-order valence-electron chi connectivity index (χ4n) is 3.09. The number of imidazole rings is 1. The van der Waals surface area contributed by atoms with Gasteiger partial charge in [0.05, 0.1) is 4.90 Å². The first-order chi connectivity index (χ1) is 12.4. The predicted molar refractivity (Wildman–Crippen MR) is 104 cm³/mol. The molecule has 1 atom stereocenters. The third kappa shape index (κ3) is 4.49. The number of nitrogens with zero attached hydrogens (tertiary/aromatic N) is 3. The normalized spacial score (nSPS) is 17.4. The SMILES string of the molecule is CCNS(=O)(=O)c1ccc(C(=O)N2CCNCC2c2nccn2C)cc1.Cl. The van der Waals surface area contributed by atoms with E-state index < -0.39 is 10.0 Å². The molecule has 8 nitrogen and oxygen atoms in total. The molecule has 0 bridgehead atoms. The van der Waals surface area contributed by atoms with Gasteiger partial charge in [0.15, 0.2) is 0 Å². The van der Waals surface area contributed by atoms with E-state index in [2.05, 4.69) is 15.0 Å². The van der Waals surface area contributed by atoms with Gasteiger partial charge in [-0.2, -0.15) is 0 Å². The Labute approximate surface area is 165 Å². The first-order valence-electron chi connectivity index (χ1n) is 8.52. The van der Waals surface area contributed by atoms with Crippen molar-refractivity contribution < 1.29 is 13.2 Å². The minimum atomic E-state index is -3.53. The van der Waals surface area contributed by atoms with E-state index in [0.717, 1.165) is 5.82 Å². The molecule has 1 saturated heterocycles. The van der Waals surface area contributed by atoms with Gasteiger partial charge < -0.3 is 14.8 Å². The summed E-state index contributed by atoms with van der Waals surface area (Å²) in [4.78, 5) is 19.3. The number of halogens is 1. The molecule has 1 aromatic heterocycles. The van der Waals surface area contributed by atoms with Gasteiger partial charge in [-0.25, -0.2) is 18.1 Å². The number of benzene rings is 1. The summed E-state index contributed by atoms with van der Waals surface area (Å²) >= 11 is 0. The molecule has 1 aliphatic rings. The topological polar surface area (TPSA) is 96.3 Å². The summed E-state index contributed by atoms with van der Waals surface area (Å²) in [6, 6.07) is 5.88. The summed E-state index contributed by atoms with van der Waals surface area (Å²) in [6.07, 6.45) is 3.57. The monoisotopic (exact) mass is 413 g/mol. The van der Waals surface area contributed by atoms with Crippen LogP contribution in [-0.4, -0.2) is 55.0 Å². The van der Waals surface area contributed by atoms with Crippen molar-refractivity contribution in [1.29, 1.82) is 0 Å². The van der Waals surface area contributed by atoms with Gasteiger partial charge in [-0.05, 0) is 24.3 Å². The fourth-order valence-corrected chi connectivity index (χ4v) is 4.13. The Hall–Kier alpha value is -1.94. The van der Waals surface area contributed by atoms with Gasteiger partial charge in [0.25, 0.3) is 5.91 Å². The molecule has 148 valence electrons. The van der Waals surface area contributed by atoms with Crippen LogP contribution in [0.2, 0.25) is 0 Å². The Kier molecular flexibility index (Phi) is 6.99. The van der Waals surface area contributed by atoms with Gasteiger partial charge in [-0.15, -0.1) is 12.4 Å². The van der Waals surface area contributed by atoms with E-state index in [1.165, 1.54) is 12.1 Å². The number of sulfonamides is 1. The van der Waals surface area contributed by atoms with Crippen molar-refractivity contribution in [3.63, 3.8) is 0 Å². The Morgan fingerprint density at radius 3 is 2.63 bits per heavy atom. The van der Waals surface area contributed by atoms with Gasteiger partial charge in [0, 0.05) is 51.2 Å². The van der Waals surface area contributed by atoms with Crippen LogP contribution in [0.25, 0.3) is 0 Å². The van der Waals surface area contributed by atoms with E-state index in [-0.39, 0.29) is 29.3 Å². The van der Waals surface area contributed by atoms with Crippen LogP contribution in [0.3, 0.4) is 0 Å². The summed E-state index contributed by atoms with van der Waals surface area (Å²) in [5, 5.41) is 3.29. The van der Waals surface area contributed by atoms with E-state index >= 15 is 0 Å². The van der Waals surface area contributed by atoms with E-state index in [9.17, 15) is 13.2 Å². The highest BCUT2D eigenvalue weighted by Gasteiger charge is 2.31. The largest absolute Gasteiger partial charge is 0.336 e. The van der Waals surface area contributed by atoms with Crippen molar-refractivity contribution in [3.8, 4) is 0 Å². The molecule has 1 aromatic carbocycles. The van der Waals surface area contributed by atoms with E-state index in [1.54, 1.807) is 30.2 Å². The van der Waals surface area contributed by atoms with Gasteiger partial charge in [-0.1, -0.05) is 6.92 Å². The van der Waals surface area contributed by atoms with Crippen LogP contribution in [0.15, 0.2) is 41.6 Å². The smallest absolute Gasteiger partial charge is 0.254 e. The van der Waals surface area contributed by atoms with Gasteiger partial charge in [0.2, 0.25) is 10.0 Å². The van der Waals surface area contributed by atoms with Gasteiger partial charge in [0.1, 0.15) is 11.9 Å². The van der Waals surface area contributed by atoms with E-state index in [4.69, 9.17) is 0 Å². The minimum absolute atomic E-state index is 0. The molecule has 1 amide bonds. The molecule has 1 unspecified atom stereocenters. The molecule has 2 heterocycles. The Bertz CT molecular complexity index is 882. The molecule has 1 fully saturated rings. The molecular weight excluding hydrogens is 390 g/mol. The minimum Gasteiger partial charge on any atom is -0.336 e. The number of carbonyl (C=O) groups is 1. The fraction of sp³-hybridized carbons (Fsp3) is 0.412. The highest BCUT2D eigenvalue weighted by Crippen LogP contribution is 2.23. The predicted octanol–water partition coefficient (Wildman–Crippen LogP) is 0.927. The maximum Gasteiger partial charge on any atom is 0.254 e. The van der Waals surface area contributed by atoms with Crippen molar-refractivity contribution in [3.05, 3.63) is 48.0 Å². The lowest BCUT2D eigenvalue weighted by molar-refractivity contribution is 0.0621. The van der Waals surface area contributed by atoms with Crippen LogP contribution in [-0.2, 0) is 17.1 Å². The third-order valence-electron chi connectivity index (χ3n) is 4.41. The lowest BCUT2D eigenvalue weighted by atomic mass is 10.1. The first kappa shape index (κ1) is 21.4. The molecule has 0 aliphatic carbocycles. The maximum atomic E-state index is 13.0. The van der Waals surface area contributed by atoms with Crippen LogP contribution < -0.4 is 10.0 Å². The highest BCUT2D eigenvalue weighted by atomic mass is 35.5. The molecule has 0 saturated carbocycles. The van der Waals surface area contributed by atoms with Crippen LogP contribution in [0.4, 0.5) is 0 Å². The summed E-state index contributed by atoms with van der Waals surface area (Å²) in [5.74, 6) is 0.684. The Morgan fingerprint density at radius 1 is 1.33 bits per heavy atom. The van der Waals surface area contributed by atoms with Crippen LogP contribution in [0.5, 0.6) is 0 Å². The molecular formula is C17H24ClN5O3S. The average molecular weight is 414 g/mol. The zero-order valence-corrected chi connectivity index (χ0v) is 16.9. The Balaban J connectivity index is 0.00000261. The number of carbonyl (C=O) groups excluding carboxylic acids is 1.